The van der Waals surface area contributed by atoms with Crippen molar-refractivity contribution in [2.75, 3.05) is 5.32 Å². The van der Waals surface area contributed by atoms with Crippen LogP contribution in [0.15, 0.2) is 6.20 Å². The fourth-order valence-electron chi connectivity index (χ4n) is 2.26. The van der Waals surface area contributed by atoms with Gasteiger partial charge in [-0.3, -0.25) is 14.7 Å². The lowest BCUT2D eigenvalue weighted by atomic mass is 10.1. The van der Waals surface area contributed by atoms with Crippen molar-refractivity contribution in [2.24, 2.45) is 17.3 Å². The molecule has 3 N–H and O–H groups in total. The van der Waals surface area contributed by atoms with Gasteiger partial charge in [-0.25, -0.2) is 0 Å². The van der Waals surface area contributed by atoms with Gasteiger partial charge in [-0.05, 0) is 5.41 Å². The van der Waals surface area contributed by atoms with Gasteiger partial charge in [0.05, 0.1) is 18.0 Å². The Kier molecular flexibility index (Phi) is 2.58. The highest BCUT2D eigenvalue weighted by Gasteiger charge is 2.65. The van der Waals surface area contributed by atoms with E-state index in [-0.39, 0.29) is 11.4 Å². The van der Waals surface area contributed by atoms with Gasteiger partial charge in [-0.15, -0.1) is 0 Å². The number of hydrogen-bond acceptors (Lipinski definition) is 4. The summed E-state index contributed by atoms with van der Waals surface area (Å²) in [4.78, 5) is 22.9. The van der Waals surface area contributed by atoms with Crippen LogP contribution in [0.2, 0.25) is 0 Å². The van der Waals surface area contributed by atoms with Gasteiger partial charge in [0.2, 0.25) is 5.91 Å². The van der Waals surface area contributed by atoms with Gasteiger partial charge < -0.3 is 10.4 Å². The standard InChI is InChI=1S/C11H12N4O3/c1-11(2)6(7(11)10(17)18)9(16)14-8-5(3-12)4-13-15-8/h4,6-7H,1-2H3,(H,17,18)(H2,13,14,15,16)/t6-,7-/m0/s1. The molecule has 18 heavy (non-hydrogen) atoms. The summed E-state index contributed by atoms with van der Waals surface area (Å²) in [5.41, 5.74) is -0.350. The Labute approximate surface area is 103 Å². The molecule has 7 heteroatoms. The second-order valence-electron chi connectivity index (χ2n) is 4.87. The highest BCUT2D eigenvalue weighted by Crippen LogP contribution is 2.58. The van der Waals surface area contributed by atoms with Crippen LogP contribution in [0.25, 0.3) is 0 Å². The van der Waals surface area contributed by atoms with Crippen molar-refractivity contribution in [1.82, 2.24) is 10.2 Å². The van der Waals surface area contributed by atoms with E-state index in [2.05, 4.69) is 15.5 Å². The predicted octanol–water partition coefficient (Wildman–Crippen LogP) is 0.577. The van der Waals surface area contributed by atoms with Crippen LogP contribution < -0.4 is 5.32 Å². The van der Waals surface area contributed by atoms with Gasteiger partial charge in [0, 0.05) is 0 Å². The Morgan fingerprint density at radius 1 is 1.56 bits per heavy atom. The summed E-state index contributed by atoms with van der Waals surface area (Å²) in [6.45, 7) is 3.46. The molecule has 94 valence electrons. The Hall–Kier alpha value is -2.36. The third-order valence-electron chi connectivity index (χ3n) is 3.38. The number of anilines is 1. The maximum Gasteiger partial charge on any atom is 0.307 e. The van der Waals surface area contributed by atoms with Crippen LogP contribution in [0, 0.1) is 28.6 Å². The van der Waals surface area contributed by atoms with Crippen LogP contribution in [-0.4, -0.2) is 27.2 Å². The molecule has 7 nitrogen and oxygen atoms in total. The first-order valence-corrected chi connectivity index (χ1v) is 5.36. The molecule has 2 atom stereocenters. The number of H-pyrrole nitrogens is 1. The fraction of sp³-hybridized carbons (Fsp3) is 0.455. The molecule has 0 aromatic carbocycles. The van der Waals surface area contributed by atoms with Gasteiger partial charge in [0.25, 0.3) is 0 Å². The molecule has 1 aliphatic rings. The molecular formula is C11H12N4O3. The SMILES string of the molecule is CC1(C)[C@H](C(=O)O)[C@H]1C(=O)Nc1[nH]ncc1C#N. The van der Waals surface area contributed by atoms with Gasteiger partial charge in [-0.1, -0.05) is 13.8 Å². The second-order valence-corrected chi connectivity index (χ2v) is 4.87. The van der Waals surface area contributed by atoms with Crippen LogP contribution >= 0.6 is 0 Å². The summed E-state index contributed by atoms with van der Waals surface area (Å²) in [5.74, 6) is -2.47. The molecule has 1 fully saturated rings. The highest BCUT2D eigenvalue weighted by atomic mass is 16.4. The number of rotatable bonds is 3. The van der Waals surface area contributed by atoms with Crippen molar-refractivity contribution < 1.29 is 14.7 Å². The molecule has 0 radical (unpaired) electrons. The molecule has 2 rings (SSSR count). The van der Waals surface area contributed by atoms with Gasteiger partial charge in [-0.2, -0.15) is 10.4 Å². The monoisotopic (exact) mass is 248 g/mol. The van der Waals surface area contributed by atoms with Crippen LogP contribution in [0.5, 0.6) is 0 Å². The van der Waals surface area contributed by atoms with E-state index in [1.807, 2.05) is 6.07 Å². The lowest BCUT2D eigenvalue weighted by molar-refractivity contribution is -0.140. The lowest BCUT2D eigenvalue weighted by Gasteiger charge is -2.03. The number of carbonyl (C=O) groups excluding carboxylic acids is 1. The third-order valence-corrected chi connectivity index (χ3v) is 3.38. The molecule has 0 spiro atoms. The smallest absolute Gasteiger partial charge is 0.307 e. The van der Waals surface area contributed by atoms with Crippen LogP contribution in [-0.2, 0) is 9.59 Å². The van der Waals surface area contributed by atoms with E-state index in [1.165, 1.54) is 6.20 Å². The van der Waals surface area contributed by atoms with Gasteiger partial charge in [0.1, 0.15) is 17.5 Å². The van der Waals surface area contributed by atoms with Crippen molar-refractivity contribution in [2.45, 2.75) is 13.8 Å². The first-order valence-electron chi connectivity index (χ1n) is 5.36. The van der Waals surface area contributed by atoms with Gasteiger partial charge >= 0.3 is 5.97 Å². The molecule has 0 saturated heterocycles. The number of aromatic nitrogens is 2. The zero-order chi connectivity index (χ0) is 13.5. The molecular weight excluding hydrogens is 236 g/mol. The summed E-state index contributed by atoms with van der Waals surface area (Å²) in [6, 6.07) is 1.87. The van der Waals surface area contributed by atoms with E-state index in [1.54, 1.807) is 13.8 Å². The Balaban J connectivity index is 2.12. The van der Waals surface area contributed by atoms with E-state index in [0.717, 1.165) is 0 Å². The molecule has 1 aliphatic carbocycles. The zero-order valence-corrected chi connectivity index (χ0v) is 9.89. The summed E-state index contributed by atoms with van der Waals surface area (Å²) >= 11 is 0. The van der Waals surface area contributed by atoms with E-state index >= 15 is 0 Å². The maximum absolute atomic E-state index is 11.9. The quantitative estimate of drug-likeness (QED) is 0.722. The first-order chi connectivity index (χ1) is 8.39. The first kappa shape index (κ1) is 12.1. The van der Waals surface area contributed by atoms with Crippen molar-refractivity contribution in [3.05, 3.63) is 11.8 Å². The summed E-state index contributed by atoms with van der Waals surface area (Å²) in [7, 11) is 0. The molecule has 1 aromatic rings. The molecule has 1 amide bonds. The van der Waals surface area contributed by atoms with E-state index < -0.39 is 29.1 Å². The maximum atomic E-state index is 11.9. The lowest BCUT2D eigenvalue weighted by Crippen LogP contribution is -2.18. The Morgan fingerprint density at radius 2 is 2.22 bits per heavy atom. The number of carboxylic acid groups (broad SMARTS) is 1. The number of carboxylic acids is 1. The Morgan fingerprint density at radius 3 is 2.72 bits per heavy atom. The van der Waals surface area contributed by atoms with Crippen molar-refractivity contribution >= 4 is 17.7 Å². The van der Waals surface area contributed by atoms with E-state index in [9.17, 15) is 9.59 Å². The molecule has 1 aromatic heterocycles. The average Bonchev–Trinajstić information content (AvgIpc) is 2.66. The van der Waals surface area contributed by atoms with Crippen LogP contribution in [0.4, 0.5) is 5.82 Å². The third kappa shape index (κ3) is 1.72. The number of hydrogen-bond donors (Lipinski definition) is 3. The number of carbonyl (C=O) groups is 2. The van der Waals surface area contributed by atoms with Crippen LogP contribution in [0.3, 0.4) is 0 Å². The number of aliphatic carboxylic acids is 1. The normalized spacial score (nSPS) is 24.1. The van der Waals surface area contributed by atoms with Crippen molar-refractivity contribution in [1.29, 1.82) is 5.26 Å². The number of nitrogens with one attached hydrogen (secondary N) is 2. The molecule has 0 bridgehead atoms. The molecule has 0 unspecified atom stereocenters. The summed E-state index contributed by atoms with van der Waals surface area (Å²) in [6.07, 6.45) is 1.29. The second kappa shape index (κ2) is 3.84. The average molecular weight is 248 g/mol. The molecule has 1 saturated carbocycles. The minimum absolute atomic E-state index is 0.203. The zero-order valence-electron chi connectivity index (χ0n) is 9.89. The fourth-order valence-corrected chi connectivity index (χ4v) is 2.26. The minimum atomic E-state index is -0.981. The van der Waals surface area contributed by atoms with E-state index in [0.29, 0.717) is 0 Å². The Bertz CT molecular complexity index is 555. The summed E-state index contributed by atoms with van der Waals surface area (Å²) < 4.78 is 0. The molecule has 0 aliphatic heterocycles. The number of aromatic amines is 1. The van der Waals surface area contributed by atoms with E-state index in [4.69, 9.17) is 10.4 Å². The number of nitrogens with zero attached hydrogens (tertiary/aromatic N) is 2. The molecule has 1 heterocycles. The highest BCUT2D eigenvalue weighted by molar-refractivity contribution is 5.99. The number of amides is 1. The topological polar surface area (TPSA) is 119 Å². The number of nitriles is 1. The van der Waals surface area contributed by atoms with Crippen molar-refractivity contribution in [3.63, 3.8) is 0 Å². The predicted molar refractivity (Wildman–Crippen MR) is 60.3 cm³/mol. The van der Waals surface area contributed by atoms with Gasteiger partial charge in [0.15, 0.2) is 0 Å². The minimum Gasteiger partial charge on any atom is -0.481 e. The largest absolute Gasteiger partial charge is 0.481 e. The van der Waals surface area contributed by atoms with Crippen LogP contribution in [0.1, 0.15) is 19.4 Å². The summed E-state index contributed by atoms with van der Waals surface area (Å²) in [5, 5.41) is 26.4. The van der Waals surface area contributed by atoms with Crippen molar-refractivity contribution in [3.8, 4) is 6.07 Å².